The second-order valence-corrected chi connectivity index (χ2v) is 9.42. The van der Waals surface area contributed by atoms with Gasteiger partial charge in [0, 0.05) is 54.9 Å². The highest BCUT2D eigenvalue weighted by Gasteiger charge is 2.36. The van der Waals surface area contributed by atoms with Gasteiger partial charge in [0.25, 0.3) is 11.5 Å². The number of piperidine rings is 1. The van der Waals surface area contributed by atoms with E-state index in [-0.39, 0.29) is 17.5 Å². The van der Waals surface area contributed by atoms with Crippen molar-refractivity contribution in [1.29, 1.82) is 0 Å². The van der Waals surface area contributed by atoms with Crippen LogP contribution >= 0.6 is 11.5 Å². The van der Waals surface area contributed by atoms with Crippen molar-refractivity contribution in [2.24, 2.45) is 5.92 Å². The first-order chi connectivity index (χ1) is 14.2. The number of hydrogen-bond donors (Lipinski definition) is 1. The van der Waals surface area contributed by atoms with Crippen molar-refractivity contribution >= 4 is 22.4 Å². The lowest BCUT2D eigenvalue weighted by Crippen LogP contribution is -2.47. The molecule has 0 radical (unpaired) electrons. The summed E-state index contributed by atoms with van der Waals surface area (Å²) in [5.74, 6) is 0.616. The van der Waals surface area contributed by atoms with Crippen LogP contribution in [-0.2, 0) is 6.54 Å². The number of pyridine rings is 1. The highest BCUT2D eigenvalue weighted by Crippen LogP contribution is 2.38. The lowest BCUT2D eigenvalue weighted by atomic mass is 9.83. The minimum atomic E-state index is -0.0898. The molecule has 2 aromatic heterocycles. The summed E-state index contributed by atoms with van der Waals surface area (Å²) in [6.45, 7) is 2.39. The maximum Gasteiger partial charge on any atom is 0.275 e. The Kier molecular flexibility index (Phi) is 5.11. The summed E-state index contributed by atoms with van der Waals surface area (Å²) in [6.07, 6.45) is 8.09. The molecule has 1 aliphatic carbocycles. The van der Waals surface area contributed by atoms with Crippen LogP contribution in [0.5, 0.6) is 0 Å². The summed E-state index contributed by atoms with van der Waals surface area (Å²) < 4.78 is 6.05. The highest BCUT2D eigenvalue weighted by molar-refractivity contribution is 7.10. The fraction of sp³-hybridized carbons (Fsp3) is 0.619. The topological polar surface area (TPSA) is 80.1 Å². The summed E-state index contributed by atoms with van der Waals surface area (Å²) >= 11 is 1.31. The molecule has 8 heteroatoms. The Hall–Kier alpha value is -2.22. The molecule has 2 atom stereocenters. The zero-order valence-electron chi connectivity index (χ0n) is 16.5. The van der Waals surface area contributed by atoms with E-state index in [1.807, 2.05) is 10.6 Å². The van der Waals surface area contributed by atoms with Crippen molar-refractivity contribution in [3.8, 4) is 0 Å². The standard InChI is InChI=1S/C21H27N5O2S/c27-18-9-5-8-17-15-10-14(12-26(17)18)11-25(13-15)21-19(23-24-29-21)20(28)22-16-6-3-1-2-4-7-16/h5,8-9,14-16H,1-4,6-7,10-13H2,(H,22,28)/t14-,15+/m1/s1. The van der Waals surface area contributed by atoms with Crippen LogP contribution in [-0.4, -0.2) is 39.2 Å². The van der Waals surface area contributed by atoms with E-state index in [0.717, 1.165) is 49.6 Å². The molecule has 0 aromatic carbocycles. The van der Waals surface area contributed by atoms with Crippen molar-refractivity contribution in [3.05, 3.63) is 39.9 Å². The van der Waals surface area contributed by atoms with Gasteiger partial charge in [-0.15, -0.1) is 5.10 Å². The third-order valence-corrected chi connectivity index (χ3v) is 7.43. The normalized spacial score (nSPS) is 24.6. The van der Waals surface area contributed by atoms with E-state index in [1.54, 1.807) is 6.07 Å². The van der Waals surface area contributed by atoms with Gasteiger partial charge in [-0.1, -0.05) is 36.2 Å². The average Bonchev–Trinajstić information content (AvgIpc) is 3.08. The van der Waals surface area contributed by atoms with E-state index in [1.165, 1.54) is 37.2 Å². The third-order valence-electron chi connectivity index (χ3n) is 6.64. The molecule has 1 saturated heterocycles. The van der Waals surface area contributed by atoms with Crippen LogP contribution < -0.4 is 15.8 Å². The van der Waals surface area contributed by atoms with Gasteiger partial charge in [0.2, 0.25) is 0 Å². The van der Waals surface area contributed by atoms with Crippen molar-refractivity contribution in [3.63, 3.8) is 0 Å². The predicted molar refractivity (Wildman–Crippen MR) is 113 cm³/mol. The van der Waals surface area contributed by atoms with Gasteiger partial charge < -0.3 is 14.8 Å². The zero-order chi connectivity index (χ0) is 19.8. The molecule has 0 spiro atoms. The Morgan fingerprint density at radius 3 is 2.76 bits per heavy atom. The molecule has 2 bridgehead atoms. The number of nitrogens with zero attached hydrogens (tertiary/aromatic N) is 4. The Morgan fingerprint density at radius 2 is 1.93 bits per heavy atom. The third kappa shape index (κ3) is 3.70. The molecule has 154 valence electrons. The smallest absolute Gasteiger partial charge is 0.275 e. The molecule has 5 rings (SSSR count). The Bertz CT molecular complexity index is 947. The molecule has 3 aliphatic rings. The number of rotatable bonds is 3. The Balaban J connectivity index is 1.35. The minimum Gasteiger partial charge on any atom is -0.359 e. The predicted octanol–water partition coefficient (Wildman–Crippen LogP) is 2.78. The first-order valence-electron chi connectivity index (χ1n) is 10.8. The van der Waals surface area contributed by atoms with Gasteiger partial charge in [0.05, 0.1) is 0 Å². The lowest BCUT2D eigenvalue weighted by Gasteiger charge is -2.43. The molecule has 7 nitrogen and oxygen atoms in total. The SMILES string of the molecule is O=C(NC1CCCCCC1)c1nnsc1N1C[C@H]2C[C@@H](C1)c1cccc(=O)n1C2. The van der Waals surface area contributed by atoms with Crippen LogP contribution in [0, 0.1) is 5.92 Å². The molecule has 0 unspecified atom stereocenters. The van der Waals surface area contributed by atoms with Gasteiger partial charge in [-0.2, -0.15) is 0 Å². The van der Waals surface area contributed by atoms with Gasteiger partial charge in [0.15, 0.2) is 5.69 Å². The molecule has 2 aromatic rings. The molecular formula is C21H27N5O2S. The molecule has 1 N–H and O–H groups in total. The number of aromatic nitrogens is 3. The van der Waals surface area contributed by atoms with Crippen LogP contribution in [0.4, 0.5) is 5.00 Å². The van der Waals surface area contributed by atoms with E-state index >= 15 is 0 Å². The van der Waals surface area contributed by atoms with E-state index in [9.17, 15) is 9.59 Å². The van der Waals surface area contributed by atoms with Crippen molar-refractivity contribution in [2.45, 2.75) is 63.5 Å². The fourth-order valence-electron chi connectivity index (χ4n) is 5.28. The van der Waals surface area contributed by atoms with E-state index in [4.69, 9.17) is 0 Å². The summed E-state index contributed by atoms with van der Waals surface area (Å²) in [5, 5.41) is 8.27. The molecule has 1 amide bonds. The van der Waals surface area contributed by atoms with Gasteiger partial charge in [0.1, 0.15) is 5.00 Å². The van der Waals surface area contributed by atoms with Gasteiger partial charge in [-0.05, 0) is 31.2 Å². The molecule has 2 aliphatic heterocycles. The van der Waals surface area contributed by atoms with Gasteiger partial charge in [-0.3, -0.25) is 9.59 Å². The largest absolute Gasteiger partial charge is 0.359 e. The van der Waals surface area contributed by atoms with Crippen LogP contribution in [0.1, 0.15) is 67.0 Å². The summed E-state index contributed by atoms with van der Waals surface area (Å²) in [7, 11) is 0. The molecular weight excluding hydrogens is 386 g/mol. The van der Waals surface area contributed by atoms with Crippen LogP contribution in [0.15, 0.2) is 23.0 Å². The van der Waals surface area contributed by atoms with Crippen LogP contribution in [0.25, 0.3) is 0 Å². The Labute approximate surface area is 174 Å². The van der Waals surface area contributed by atoms with E-state index in [2.05, 4.69) is 25.9 Å². The zero-order valence-corrected chi connectivity index (χ0v) is 17.4. The quantitative estimate of drug-likeness (QED) is 0.783. The average molecular weight is 414 g/mol. The fourth-order valence-corrected chi connectivity index (χ4v) is 5.96. The maximum absolute atomic E-state index is 13.0. The molecule has 1 saturated carbocycles. The summed E-state index contributed by atoms with van der Waals surface area (Å²) in [6, 6.07) is 5.81. The van der Waals surface area contributed by atoms with Crippen LogP contribution in [0.2, 0.25) is 0 Å². The second kappa shape index (κ2) is 7.89. The van der Waals surface area contributed by atoms with Crippen LogP contribution in [0.3, 0.4) is 0 Å². The van der Waals surface area contributed by atoms with E-state index < -0.39 is 0 Å². The number of amides is 1. The number of anilines is 1. The van der Waals surface area contributed by atoms with Gasteiger partial charge >= 0.3 is 0 Å². The highest BCUT2D eigenvalue weighted by atomic mass is 32.1. The molecule has 2 fully saturated rings. The number of nitrogens with one attached hydrogen (secondary N) is 1. The number of carbonyl (C=O) groups is 1. The maximum atomic E-state index is 13.0. The first kappa shape index (κ1) is 18.8. The van der Waals surface area contributed by atoms with Gasteiger partial charge in [-0.25, -0.2) is 0 Å². The number of carbonyl (C=O) groups excluding carboxylic acids is 1. The van der Waals surface area contributed by atoms with E-state index in [0.29, 0.717) is 17.5 Å². The monoisotopic (exact) mass is 413 g/mol. The molecule has 4 heterocycles. The minimum absolute atomic E-state index is 0.0898. The number of hydrogen-bond acceptors (Lipinski definition) is 6. The Morgan fingerprint density at radius 1 is 1.10 bits per heavy atom. The summed E-state index contributed by atoms with van der Waals surface area (Å²) in [4.78, 5) is 27.5. The molecule has 29 heavy (non-hydrogen) atoms. The first-order valence-corrected chi connectivity index (χ1v) is 11.5. The number of fused-ring (bicyclic) bond motifs is 4. The second-order valence-electron chi connectivity index (χ2n) is 8.69. The van der Waals surface area contributed by atoms with Crippen molar-refractivity contribution in [1.82, 2.24) is 19.5 Å². The summed E-state index contributed by atoms with van der Waals surface area (Å²) in [5.41, 5.74) is 1.67. The van der Waals surface area contributed by atoms with Crippen molar-refractivity contribution in [2.75, 3.05) is 18.0 Å². The lowest BCUT2D eigenvalue weighted by molar-refractivity contribution is 0.0928. The van der Waals surface area contributed by atoms with Crippen molar-refractivity contribution < 1.29 is 4.79 Å².